The van der Waals surface area contributed by atoms with E-state index in [1.807, 2.05) is 12.1 Å². The number of aliphatic hydroxyl groups excluding tert-OH is 1. The molecule has 1 saturated heterocycles. The van der Waals surface area contributed by atoms with Gasteiger partial charge in [0.1, 0.15) is 0 Å². The first-order valence-corrected chi connectivity index (χ1v) is 6.55. The van der Waals surface area contributed by atoms with E-state index in [-0.39, 0.29) is 0 Å². The first-order valence-electron chi connectivity index (χ1n) is 6.18. The second-order valence-electron chi connectivity index (χ2n) is 4.48. The van der Waals surface area contributed by atoms with Crippen LogP contribution in [-0.2, 0) is 0 Å². The minimum Gasteiger partial charge on any atom is -0.387 e. The third kappa shape index (κ3) is 3.96. The molecule has 17 heavy (non-hydrogen) atoms. The summed E-state index contributed by atoms with van der Waals surface area (Å²) in [7, 11) is 0. The second kappa shape index (κ2) is 6.36. The average Bonchev–Trinajstić information content (AvgIpc) is 2.38. The Kier molecular flexibility index (Phi) is 4.80. The highest BCUT2D eigenvalue weighted by Crippen LogP contribution is 2.16. The van der Waals surface area contributed by atoms with Crippen molar-refractivity contribution in [2.75, 3.05) is 19.6 Å². The van der Waals surface area contributed by atoms with Crippen molar-refractivity contribution >= 4 is 11.6 Å². The quantitative estimate of drug-likeness (QED) is 0.866. The van der Waals surface area contributed by atoms with Gasteiger partial charge in [-0.15, -0.1) is 0 Å². The maximum Gasteiger partial charge on any atom is 0.0928 e. The maximum absolute atomic E-state index is 10.0. The molecule has 0 radical (unpaired) electrons. The van der Waals surface area contributed by atoms with Gasteiger partial charge in [-0.3, -0.25) is 5.43 Å². The molecular formula is C13H19ClN2O. The van der Waals surface area contributed by atoms with E-state index in [1.54, 1.807) is 12.1 Å². The van der Waals surface area contributed by atoms with Crippen LogP contribution in [0.15, 0.2) is 24.3 Å². The lowest BCUT2D eigenvalue weighted by molar-refractivity contribution is 0.0996. The number of piperidine rings is 1. The van der Waals surface area contributed by atoms with Crippen LogP contribution in [0.4, 0.5) is 0 Å². The molecular weight excluding hydrogens is 236 g/mol. The summed E-state index contributed by atoms with van der Waals surface area (Å²) in [6.45, 7) is 2.71. The summed E-state index contributed by atoms with van der Waals surface area (Å²) < 4.78 is 0. The average molecular weight is 255 g/mol. The molecule has 0 aliphatic carbocycles. The normalized spacial score (nSPS) is 19.2. The highest BCUT2D eigenvalue weighted by atomic mass is 35.5. The van der Waals surface area contributed by atoms with Gasteiger partial charge in [-0.1, -0.05) is 30.2 Å². The summed E-state index contributed by atoms with van der Waals surface area (Å²) in [4.78, 5) is 0. The monoisotopic (exact) mass is 254 g/mol. The van der Waals surface area contributed by atoms with Crippen molar-refractivity contribution in [3.8, 4) is 0 Å². The topological polar surface area (TPSA) is 35.5 Å². The summed E-state index contributed by atoms with van der Waals surface area (Å²) in [6.07, 6.45) is 3.32. The van der Waals surface area contributed by atoms with Crippen LogP contribution in [-0.4, -0.2) is 29.7 Å². The predicted molar refractivity (Wildman–Crippen MR) is 69.8 cm³/mol. The lowest BCUT2D eigenvalue weighted by Gasteiger charge is -2.28. The van der Waals surface area contributed by atoms with Gasteiger partial charge in [-0.05, 0) is 30.5 Å². The first kappa shape index (κ1) is 12.8. The minimum atomic E-state index is -0.478. The Balaban J connectivity index is 1.80. The molecule has 2 rings (SSSR count). The Hall–Kier alpha value is -0.610. The Morgan fingerprint density at radius 2 is 1.82 bits per heavy atom. The highest BCUT2D eigenvalue weighted by molar-refractivity contribution is 6.30. The number of benzene rings is 1. The maximum atomic E-state index is 10.0. The SMILES string of the molecule is OC(CNN1CCCCC1)c1ccc(Cl)cc1. The van der Waals surface area contributed by atoms with Crippen molar-refractivity contribution < 1.29 is 5.11 Å². The Morgan fingerprint density at radius 1 is 1.18 bits per heavy atom. The molecule has 0 bridgehead atoms. The molecule has 1 aromatic rings. The van der Waals surface area contributed by atoms with Crippen LogP contribution < -0.4 is 5.43 Å². The van der Waals surface area contributed by atoms with Crippen LogP contribution in [0, 0.1) is 0 Å². The Bertz CT molecular complexity index is 336. The number of rotatable bonds is 4. The van der Waals surface area contributed by atoms with Gasteiger partial charge in [0.2, 0.25) is 0 Å². The van der Waals surface area contributed by atoms with E-state index in [0.717, 1.165) is 18.7 Å². The van der Waals surface area contributed by atoms with Crippen LogP contribution >= 0.6 is 11.6 Å². The fraction of sp³-hybridized carbons (Fsp3) is 0.538. The van der Waals surface area contributed by atoms with Crippen LogP contribution in [0.1, 0.15) is 30.9 Å². The van der Waals surface area contributed by atoms with Crippen molar-refractivity contribution in [2.24, 2.45) is 0 Å². The third-order valence-corrected chi connectivity index (χ3v) is 3.37. The predicted octanol–water partition coefficient (Wildman–Crippen LogP) is 2.36. The molecule has 1 aliphatic rings. The molecule has 1 unspecified atom stereocenters. The molecule has 1 aromatic carbocycles. The standard InChI is InChI=1S/C13H19ClN2O/c14-12-6-4-11(5-7-12)13(17)10-15-16-8-2-1-3-9-16/h4-7,13,15,17H,1-3,8-10H2. The molecule has 0 saturated carbocycles. The van der Waals surface area contributed by atoms with Gasteiger partial charge < -0.3 is 5.11 Å². The van der Waals surface area contributed by atoms with Gasteiger partial charge in [0.25, 0.3) is 0 Å². The van der Waals surface area contributed by atoms with Gasteiger partial charge in [0.05, 0.1) is 6.10 Å². The van der Waals surface area contributed by atoms with Crippen molar-refractivity contribution in [3.05, 3.63) is 34.9 Å². The number of hydrogen-bond acceptors (Lipinski definition) is 3. The van der Waals surface area contributed by atoms with E-state index in [9.17, 15) is 5.11 Å². The Morgan fingerprint density at radius 3 is 2.47 bits per heavy atom. The zero-order chi connectivity index (χ0) is 12.1. The highest BCUT2D eigenvalue weighted by Gasteiger charge is 2.12. The number of aliphatic hydroxyl groups is 1. The molecule has 0 aromatic heterocycles. The van der Waals surface area contributed by atoms with Crippen molar-refractivity contribution in [3.63, 3.8) is 0 Å². The number of nitrogens with zero attached hydrogens (tertiary/aromatic N) is 1. The number of nitrogens with one attached hydrogen (secondary N) is 1. The number of hydrazine groups is 1. The summed E-state index contributed by atoms with van der Waals surface area (Å²) in [5.74, 6) is 0. The zero-order valence-electron chi connectivity index (χ0n) is 9.90. The molecule has 94 valence electrons. The van der Waals surface area contributed by atoms with Crippen LogP contribution in [0.3, 0.4) is 0 Å². The van der Waals surface area contributed by atoms with E-state index in [0.29, 0.717) is 11.6 Å². The first-order chi connectivity index (χ1) is 8.25. The lowest BCUT2D eigenvalue weighted by atomic mass is 10.1. The summed E-state index contributed by atoms with van der Waals surface area (Å²) in [6, 6.07) is 7.35. The smallest absolute Gasteiger partial charge is 0.0928 e. The van der Waals surface area contributed by atoms with Gasteiger partial charge in [0.15, 0.2) is 0 Å². The molecule has 1 fully saturated rings. The van der Waals surface area contributed by atoms with Crippen molar-refractivity contribution in [2.45, 2.75) is 25.4 Å². The second-order valence-corrected chi connectivity index (χ2v) is 4.91. The Labute approximate surface area is 107 Å². The number of halogens is 1. The molecule has 3 nitrogen and oxygen atoms in total. The fourth-order valence-electron chi connectivity index (χ4n) is 2.07. The molecule has 0 spiro atoms. The van der Waals surface area contributed by atoms with E-state index < -0.39 is 6.10 Å². The van der Waals surface area contributed by atoms with E-state index >= 15 is 0 Å². The zero-order valence-corrected chi connectivity index (χ0v) is 10.7. The van der Waals surface area contributed by atoms with Crippen LogP contribution in [0.25, 0.3) is 0 Å². The van der Waals surface area contributed by atoms with Gasteiger partial charge in [-0.25, -0.2) is 5.01 Å². The van der Waals surface area contributed by atoms with E-state index in [4.69, 9.17) is 11.6 Å². The van der Waals surface area contributed by atoms with Crippen LogP contribution in [0.5, 0.6) is 0 Å². The lowest BCUT2D eigenvalue weighted by Crippen LogP contribution is -2.43. The largest absolute Gasteiger partial charge is 0.387 e. The summed E-state index contributed by atoms with van der Waals surface area (Å²) in [5, 5.41) is 12.9. The van der Waals surface area contributed by atoms with Gasteiger partial charge >= 0.3 is 0 Å². The molecule has 1 aliphatic heterocycles. The molecule has 2 N–H and O–H groups in total. The fourth-order valence-corrected chi connectivity index (χ4v) is 2.20. The van der Waals surface area contributed by atoms with Gasteiger partial charge in [-0.2, -0.15) is 0 Å². The number of hydrogen-bond donors (Lipinski definition) is 2. The van der Waals surface area contributed by atoms with Crippen molar-refractivity contribution in [1.82, 2.24) is 10.4 Å². The molecule has 1 atom stereocenters. The van der Waals surface area contributed by atoms with E-state index in [2.05, 4.69) is 10.4 Å². The third-order valence-electron chi connectivity index (χ3n) is 3.12. The van der Waals surface area contributed by atoms with Crippen molar-refractivity contribution in [1.29, 1.82) is 0 Å². The molecule has 4 heteroatoms. The summed E-state index contributed by atoms with van der Waals surface area (Å²) >= 11 is 5.81. The summed E-state index contributed by atoms with van der Waals surface area (Å²) in [5.41, 5.74) is 4.19. The molecule has 1 heterocycles. The molecule has 0 amide bonds. The van der Waals surface area contributed by atoms with E-state index in [1.165, 1.54) is 19.3 Å². The van der Waals surface area contributed by atoms with Gasteiger partial charge in [0, 0.05) is 24.7 Å². The van der Waals surface area contributed by atoms with Crippen LogP contribution in [0.2, 0.25) is 5.02 Å². The minimum absolute atomic E-state index is 0.478.